The second kappa shape index (κ2) is 7.97. The minimum absolute atomic E-state index is 0.0251. The molecule has 1 saturated carbocycles. The van der Waals surface area contributed by atoms with Gasteiger partial charge in [-0.15, -0.1) is 10.2 Å². The zero-order valence-corrected chi connectivity index (χ0v) is 15.5. The number of aromatic nitrogens is 3. The molecule has 0 unspecified atom stereocenters. The summed E-state index contributed by atoms with van der Waals surface area (Å²) in [4.78, 5) is 12.5. The third kappa shape index (κ3) is 3.78. The van der Waals surface area contributed by atoms with E-state index in [0.29, 0.717) is 19.0 Å². The largest absolute Gasteiger partial charge is 0.388 e. The predicted octanol–water partition coefficient (Wildman–Crippen LogP) is 1.71. The zero-order valence-electron chi connectivity index (χ0n) is 15.5. The van der Waals surface area contributed by atoms with Crippen molar-refractivity contribution in [3.63, 3.8) is 0 Å². The first-order valence-electron chi connectivity index (χ1n) is 8.93. The fraction of sp³-hybridized carbons (Fsp3) is 0.526. The van der Waals surface area contributed by atoms with E-state index in [9.17, 15) is 9.90 Å². The minimum atomic E-state index is -0.143. The maximum absolute atomic E-state index is 12.5. The highest BCUT2D eigenvalue weighted by Crippen LogP contribution is 2.36. The fourth-order valence-corrected chi connectivity index (χ4v) is 3.47. The molecule has 1 fully saturated rings. The Morgan fingerprint density at radius 3 is 2.77 bits per heavy atom. The number of amides is 1. The van der Waals surface area contributed by atoms with Crippen LogP contribution in [0.25, 0.3) is 0 Å². The van der Waals surface area contributed by atoms with Gasteiger partial charge in [0.1, 0.15) is 12.4 Å². The molecular weight excluding hydrogens is 332 g/mol. The minimum Gasteiger partial charge on any atom is -0.388 e. The van der Waals surface area contributed by atoms with Crippen molar-refractivity contribution in [3.05, 3.63) is 46.5 Å². The third-order valence-corrected chi connectivity index (χ3v) is 4.98. The van der Waals surface area contributed by atoms with E-state index in [1.54, 1.807) is 7.11 Å². The number of nitrogens with zero attached hydrogens (tertiary/aromatic N) is 3. The van der Waals surface area contributed by atoms with E-state index in [-0.39, 0.29) is 24.5 Å². The Hall–Kier alpha value is -2.25. The summed E-state index contributed by atoms with van der Waals surface area (Å²) in [6.07, 6.45) is 1.65. The molecule has 7 heteroatoms. The van der Waals surface area contributed by atoms with E-state index in [0.717, 1.165) is 35.4 Å². The lowest BCUT2D eigenvalue weighted by molar-refractivity contribution is 0.0905. The average molecular weight is 358 g/mol. The molecule has 1 aliphatic rings. The van der Waals surface area contributed by atoms with Crippen LogP contribution in [0.5, 0.6) is 0 Å². The summed E-state index contributed by atoms with van der Waals surface area (Å²) in [6, 6.07) is 6.00. The molecule has 3 rings (SSSR count). The number of methoxy groups -OCH3 is 1. The normalized spacial score (nSPS) is 19.2. The van der Waals surface area contributed by atoms with Crippen molar-refractivity contribution in [3.8, 4) is 0 Å². The van der Waals surface area contributed by atoms with Crippen LogP contribution in [0.4, 0.5) is 0 Å². The quantitative estimate of drug-likeness (QED) is 0.786. The lowest BCUT2D eigenvalue weighted by atomic mass is 9.79. The van der Waals surface area contributed by atoms with Gasteiger partial charge >= 0.3 is 0 Å². The molecule has 1 aliphatic carbocycles. The molecular formula is C19H26N4O3. The molecule has 0 atom stereocenters. The van der Waals surface area contributed by atoms with Crippen molar-refractivity contribution in [1.82, 2.24) is 20.1 Å². The van der Waals surface area contributed by atoms with Crippen molar-refractivity contribution < 1.29 is 14.6 Å². The molecule has 1 aromatic heterocycles. The van der Waals surface area contributed by atoms with Gasteiger partial charge in [-0.25, -0.2) is 0 Å². The first kappa shape index (κ1) is 18.5. The number of rotatable bonds is 7. The predicted molar refractivity (Wildman–Crippen MR) is 97.0 cm³/mol. The van der Waals surface area contributed by atoms with E-state index >= 15 is 0 Å². The van der Waals surface area contributed by atoms with Crippen LogP contribution < -0.4 is 5.32 Å². The molecule has 0 bridgehead atoms. The molecule has 1 heterocycles. The molecule has 140 valence electrons. The molecule has 0 aliphatic heterocycles. The van der Waals surface area contributed by atoms with Crippen LogP contribution in [0.3, 0.4) is 0 Å². The maximum Gasteiger partial charge on any atom is 0.251 e. The van der Waals surface area contributed by atoms with Gasteiger partial charge in [-0.2, -0.15) is 0 Å². The van der Waals surface area contributed by atoms with Gasteiger partial charge in [0.2, 0.25) is 0 Å². The van der Waals surface area contributed by atoms with Gasteiger partial charge in [-0.3, -0.25) is 4.79 Å². The van der Waals surface area contributed by atoms with Crippen molar-refractivity contribution in [1.29, 1.82) is 0 Å². The van der Waals surface area contributed by atoms with Gasteiger partial charge in [0.05, 0.1) is 6.61 Å². The molecule has 26 heavy (non-hydrogen) atoms. The molecule has 2 aromatic rings. The highest BCUT2D eigenvalue weighted by molar-refractivity contribution is 5.95. The zero-order chi connectivity index (χ0) is 18.7. The fourth-order valence-electron chi connectivity index (χ4n) is 3.47. The SMILES string of the molecule is COCCn1c(CO)nnc1C1CC(NC(=O)c2ccc(C)cc2C)C1. The van der Waals surface area contributed by atoms with Crippen LogP contribution in [0.15, 0.2) is 18.2 Å². The lowest BCUT2D eigenvalue weighted by Gasteiger charge is -2.35. The number of aliphatic hydroxyl groups excluding tert-OH is 1. The second-order valence-electron chi connectivity index (χ2n) is 6.93. The summed E-state index contributed by atoms with van der Waals surface area (Å²) >= 11 is 0. The van der Waals surface area contributed by atoms with Gasteiger partial charge < -0.3 is 19.7 Å². The first-order chi connectivity index (χ1) is 12.5. The first-order valence-corrected chi connectivity index (χ1v) is 8.93. The molecule has 0 saturated heterocycles. The summed E-state index contributed by atoms with van der Waals surface area (Å²) in [6.45, 7) is 4.99. The van der Waals surface area contributed by atoms with E-state index in [1.807, 2.05) is 36.6 Å². The van der Waals surface area contributed by atoms with Crippen molar-refractivity contribution >= 4 is 5.91 Å². The van der Waals surface area contributed by atoms with E-state index in [4.69, 9.17) is 4.74 Å². The molecule has 0 radical (unpaired) electrons. The maximum atomic E-state index is 12.5. The number of ether oxygens (including phenoxy) is 1. The Bertz CT molecular complexity index is 781. The number of aryl methyl sites for hydroxylation is 2. The van der Waals surface area contributed by atoms with Crippen LogP contribution in [0, 0.1) is 13.8 Å². The number of hydrogen-bond donors (Lipinski definition) is 2. The molecule has 2 N–H and O–H groups in total. The van der Waals surface area contributed by atoms with Gasteiger partial charge in [0.15, 0.2) is 5.82 Å². The highest BCUT2D eigenvalue weighted by Gasteiger charge is 2.35. The molecule has 7 nitrogen and oxygen atoms in total. The molecule has 1 amide bonds. The third-order valence-electron chi connectivity index (χ3n) is 4.98. The Labute approximate surface area is 153 Å². The van der Waals surface area contributed by atoms with Gasteiger partial charge in [-0.1, -0.05) is 17.7 Å². The van der Waals surface area contributed by atoms with Crippen molar-refractivity contribution in [2.45, 2.75) is 51.8 Å². The molecule has 0 spiro atoms. The van der Waals surface area contributed by atoms with Crippen LogP contribution in [0.2, 0.25) is 0 Å². The molecule has 1 aromatic carbocycles. The number of carbonyl (C=O) groups is 1. The summed E-state index contributed by atoms with van der Waals surface area (Å²) in [5.41, 5.74) is 2.87. The summed E-state index contributed by atoms with van der Waals surface area (Å²) in [5, 5.41) is 20.8. The lowest BCUT2D eigenvalue weighted by Crippen LogP contribution is -2.44. The van der Waals surface area contributed by atoms with Crippen LogP contribution in [0.1, 0.15) is 51.9 Å². The van der Waals surface area contributed by atoms with E-state index in [2.05, 4.69) is 15.5 Å². The number of carbonyl (C=O) groups excluding carboxylic acids is 1. The monoisotopic (exact) mass is 358 g/mol. The Kier molecular flexibility index (Phi) is 5.68. The van der Waals surface area contributed by atoms with Crippen molar-refractivity contribution in [2.75, 3.05) is 13.7 Å². The number of hydrogen-bond acceptors (Lipinski definition) is 5. The van der Waals surface area contributed by atoms with Gasteiger partial charge in [0.25, 0.3) is 5.91 Å². The Morgan fingerprint density at radius 1 is 1.35 bits per heavy atom. The van der Waals surface area contributed by atoms with E-state index in [1.165, 1.54) is 0 Å². The standard InChI is InChI=1S/C19H26N4O3/c1-12-4-5-16(13(2)8-12)19(25)20-15-9-14(10-15)18-22-21-17(11-24)23(18)6-7-26-3/h4-5,8,14-15,24H,6-7,9-11H2,1-3H3,(H,20,25). The summed E-state index contributed by atoms with van der Waals surface area (Å²) in [7, 11) is 1.64. The topological polar surface area (TPSA) is 89.3 Å². The summed E-state index contributed by atoms with van der Waals surface area (Å²) < 4.78 is 7.06. The number of nitrogens with one attached hydrogen (secondary N) is 1. The highest BCUT2D eigenvalue weighted by atomic mass is 16.5. The Balaban J connectivity index is 1.60. The average Bonchev–Trinajstić information content (AvgIpc) is 2.97. The number of aliphatic hydroxyl groups is 1. The Morgan fingerprint density at radius 2 is 2.12 bits per heavy atom. The number of benzene rings is 1. The van der Waals surface area contributed by atoms with Crippen LogP contribution >= 0.6 is 0 Å². The van der Waals surface area contributed by atoms with E-state index < -0.39 is 0 Å². The van der Waals surface area contributed by atoms with Crippen LogP contribution in [-0.2, 0) is 17.9 Å². The van der Waals surface area contributed by atoms with Gasteiger partial charge in [-0.05, 0) is 38.3 Å². The van der Waals surface area contributed by atoms with Crippen molar-refractivity contribution in [2.24, 2.45) is 0 Å². The second-order valence-corrected chi connectivity index (χ2v) is 6.93. The smallest absolute Gasteiger partial charge is 0.251 e. The van der Waals surface area contributed by atoms with Gasteiger partial charge in [0, 0.05) is 31.2 Å². The summed E-state index contributed by atoms with van der Waals surface area (Å²) in [5.74, 6) is 1.63. The van der Waals surface area contributed by atoms with Crippen LogP contribution in [-0.4, -0.2) is 45.5 Å².